The highest BCUT2D eigenvalue weighted by molar-refractivity contribution is 4.60. The summed E-state index contributed by atoms with van der Waals surface area (Å²) in [7, 11) is 3.88. The molecule has 2 atom stereocenters. The van der Waals surface area contributed by atoms with Gasteiger partial charge in [0.2, 0.25) is 0 Å². The predicted octanol–water partition coefficient (Wildman–Crippen LogP) is 0.613. The van der Waals surface area contributed by atoms with Crippen LogP contribution >= 0.6 is 0 Å². The Morgan fingerprint density at radius 1 is 1.20 bits per heavy atom. The summed E-state index contributed by atoms with van der Waals surface area (Å²) in [6.45, 7) is 9.23. The van der Waals surface area contributed by atoms with Crippen molar-refractivity contribution in [1.29, 1.82) is 0 Å². The van der Waals surface area contributed by atoms with Crippen molar-refractivity contribution in [2.45, 2.75) is 33.1 Å². The summed E-state index contributed by atoms with van der Waals surface area (Å²) in [6.07, 6.45) is -0.324. The summed E-state index contributed by atoms with van der Waals surface area (Å²) in [5, 5.41) is 9.61. The van der Waals surface area contributed by atoms with E-state index in [0.717, 1.165) is 13.1 Å². The van der Waals surface area contributed by atoms with Gasteiger partial charge in [0.25, 0.3) is 0 Å². The van der Waals surface area contributed by atoms with Crippen molar-refractivity contribution in [2.75, 3.05) is 40.3 Å². The lowest BCUT2D eigenvalue weighted by Gasteiger charge is -2.27. The van der Waals surface area contributed by atoms with Gasteiger partial charge in [0.15, 0.2) is 0 Å². The van der Waals surface area contributed by atoms with Crippen LogP contribution in [0.2, 0.25) is 0 Å². The third-order valence-corrected chi connectivity index (χ3v) is 2.43. The average Bonchev–Trinajstić information content (AvgIpc) is 2.15. The Labute approximate surface area is 93.8 Å². The molecule has 0 aliphatic heterocycles. The molecule has 0 bridgehead atoms. The number of ether oxygens (including phenoxy) is 1. The molecule has 0 amide bonds. The summed E-state index contributed by atoms with van der Waals surface area (Å²) in [4.78, 5) is 4.17. The highest BCUT2D eigenvalue weighted by Gasteiger charge is 2.12. The normalized spacial score (nSPS) is 16.0. The van der Waals surface area contributed by atoms with E-state index in [1.165, 1.54) is 0 Å². The van der Waals surface area contributed by atoms with Crippen molar-refractivity contribution in [3.05, 3.63) is 0 Å². The van der Waals surface area contributed by atoms with Gasteiger partial charge in [-0.05, 0) is 34.1 Å². The van der Waals surface area contributed by atoms with Gasteiger partial charge in [-0.1, -0.05) is 13.8 Å². The van der Waals surface area contributed by atoms with Crippen LogP contribution < -0.4 is 0 Å². The molecular weight excluding hydrogens is 192 g/mol. The van der Waals surface area contributed by atoms with Gasteiger partial charge in [-0.25, -0.2) is 0 Å². The third kappa shape index (κ3) is 6.84. The molecule has 0 radical (unpaired) electrons. The molecule has 0 spiro atoms. The highest BCUT2D eigenvalue weighted by Crippen LogP contribution is 2.01. The lowest BCUT2D eigenvalue weighted by atomic mass is 10.3. The van der Waals surface area contributed by atoms with Crippen molar-refractivity contribution in [3.63, 3.8) is 0 Å². The van der Waals surface area contributed by atoms with E-state index >= 15 is 0 Å². The summed E-state index contributed by atoms with van der Waals surface area (Å²) in [6, 6.07) is 0. The third-order valence-electron chi connectivity index (χ3n) is 2.43. The Morgan fingerprint density at radius 3 is 2.13 bits per heavy atom. The van der Waals surface area contributed by atoms with E-state index in [0.29, 0.717) is 13.2 Å². The number of aliphatic hydroxyl groups is 1. The number of aliphatic hydroxyl groups excluding tert-OH is 1. The van der Waals surface area contributed by atoms with Gasteiger partial charge in [0.1, 0.15) is 6.23 Å². The molecule has 0 aromatic carbocycles. The molecule has 0 saturated carbocycles. The van der Waals surface area contributed by atoms with Gasteiger partial charge in [-0.2, -0.15) is 0 Å². The molecule has 0 aromatic heterocycles. The van der Waals surface area contributed by atoms with Crippen LogP contribution in [0.1, 0.15) is 20.8 Å². The van der Waals surface area contributed by atoms with Crippen molar-refractivity contribution in [3.8, 4) is 0 Å². The molecule has 2 unspecified atom stereocenters. The van der Waals surface area contributed by atoms with Crippen molar-refractivity contribution in [1.82, 2.24) is 9.80 Å². The van der Waals surface area contributed by atoms with E-state index in [-0.39, 0.29) is 6.23 Å². The molecule has 4 heteroatoms. The Hall–Kier alpha value is -0.160. The van der Waals surface area contributed by atoms with Crippen molar-refractivity contribution >= 4 is 0 Å². The molecule has 1 N–H and O–H groups in total. The fourth-order valence-corrected chi connectivity index (χ4v) is 1.57. The summed E-state index contributed by atoms with van der Waals surface area (Å²) >= 11 is 0. The fraction of sp³-hybridized carbons (Fsp3) is 1.00. The minimum Gasteiger partial charge on any atom is -0.389 e. The number of nitrogens with zero attached hydrogens (tertiary/aromatic N) is 2. The Morgan fingerprint density at radius 2 is 1.73 bits per heavy atom. The SMILES string of the molecule is CCN(CC)C(C)OCC(O)CN(C)C. The first-order valence-corrected chi connectivity index (χ1v) is 5.69. The monoisotopic (exact) mass is 218 g/mol. The van der Waals surface area contributed by atoms with Gasteiger partial charge in [-0.15, -0.1) is 0 Å². The lowest BCUT2D eigenvalue weighted by molar-refractivity contribution is -0.0767. The smallest absolute Gasteiger partial charge is 0.107 e. The van der Waals surface area contributed by atoms with Gasteiger partial charge in [0.05, 0.1) is 12.7 Å². The van der Waals surface area contributed by atoms with Crippen LogP contribution in [-0.2, 0) is 4.74 Å². The first-order chi connectivity index (χ1) is 7.01. The van der Waals surface area contributed by atoms with Crippen LogP contribution in [0, 0.1) is 0 Å². The predicted molar refractivity (Wildman–Crippen MR) is 62.9 cm³/mol. The summed E-state index contributed by atoms with van der Waals surface area (Å²) < 4.78 is 5.60. The van der Waals surface area contributed by atoms with E-state index in [1.807, 2.05) is 25.9 Å². The molecule has 92 valence electrons. The van der Waals surface area contributed by atoms with E-state index in [2.05, 4.69) is 18.7 Å². The Kier molecular flexibility index (Phi) is 7.96. The van der Waals surface area contributed by atoms with E-state index in [9.17, 15) is 5.11 Å². The first-order valence-electron chi connectivity index (χ1n) is 5.69. The zero-order chi connectivity index (χ0) is 11.8. The first kappa shape index (κ1) is 14.8. The zero-order valence-corrected chi connectivity index (χ0v) is 10.7. The van der Waals surface area contributed by atoms with Crippen LogP contribution in [0.3, 0.4) is 0 Å². The largest absolute Gasteiger partial charge is 0.389 e. The minimum atomic E-state index is -0.405. The lowest BCUT2D eigenvalue weighted by Crippen LogP contribution is -2.38. The van der Waals surface area contributed by atoms with Crippen LogP contribution in [0.4, 0.5) is 0 Å². The van der Waals surface area contributed by atoms with Gasteiger partial charge in [0, 0.05) is 6.54 Å². The number of hydrogen-bond acceptors (Lipinski definition) is 4. The molecule has 0 aliphatic rings. The Balaban J connectivity index is 3.73. The second-order valence-electron chi connectivity index (χ2n) is 4.07. The van der Waals surface area contributed by atoms with Crippen LogP contribution in [0.5, 0.6) is 0 Å². The average molecular weight is 218 g/mol. The molecule has 0 fully saturated rings. The van der Waals surface area contributed by atoms with E-state index in [1.54, 1.807) is 0 Å². The maximum atomic E-state index is 9.61. The zero-order valence-electron chi connectivity index (χ0n) is 10.7. The molecule has 0 heterocycles. The fourth-order valence-electron chi connectivity index (χ4n) is 1.57. The molecule has 0 aliphatic carbocycles. The molecule has 0 rings (SSSR count). The van der Waals surface area contributed by atoms with Crippen LogP contribution in [0.25, 0.3) is 0 Å². The topological polar surface area (TPSA) is 35.9 Å². The molecule has 4 nitrogen and oxygen atoms in total. The number of hydrogen-bond donors (Lipinski definition) is 1. The van der Waals surface area contributed by atoms with Crippen LogP contribution in [-0.4, -0.2) is 67.6 Å². The van der Waals surface area contributed by atoms with Crippen molar-refractivity contribution in [2.24, 2.45) is 0 Å². The molecular formula is C11H26N2O2. The molecule has 15 heavy (non-hydrogen) atoms. The maximum absolute atomic E-state index is 9.61. The number of likely N-dealkylation sites (N-methyl/N-ethyl adjacent to an activating group) is 1. The molecule has 0 aromatic rings. The maximum Gasteiger partial charge on any atom is 0.107 e. The quantitative estimate of drug-likeness (QED) is 0.606. The second kappa shape index (κ2) is 8.05. The standard InChI is InChI=1S/C11H26N2O2/c1-6-13(7-2)10(3)15-9-11(14)8-12(4)5/h10-11,14H,6-9H2,1-5H3. The highest BCUT2D eigenvalue weighted by atomic mass is 16.5. The second-order valence-corrected chi connectivity index (χ2v) is 4.07. The van der Waals surface area contributed by atoms with Gasteiger partial charge >= 0.3 is 0 Å². The van der Waals surface area contributed by atoms with E-state index < -0.39 is 6.10 Å². The van der Waals surface area contributed by atoms with Gasteiger partial charge in [-0.3, -0.25) is 4.90 Å². The Bertz CT molecular complexity index is 150. The van der Waals surface area contributed by atoms with Crippen LogP contribution in [0.15, 0.2) is 0 Å². The minimum absolute atomic E-state index is 0.0804. The van der Waals surface area contributed by atoms with Crippen molar-refractivity contribution < 1.29 is 9.84 Å². The summed E-state index contributed by atoms with van der Waals surface area (Å²) in [5.74, 6) is 0. The van der Waals surface area contributed by atoms with E-state index in [4.69, 9.17) is 4.74 Å². The number of rotatable bonds is 8. The van der Waals surface area contributed by atoms with Gasteiger partial charge < -0.3 is 14.7 Å². The summed E-state index contributed by atoms with van der Waals surface area (Å²) in [5.41, 5.74) is 0. The molecule has 0 saturated heterocycles.